The summed E-state index contributed by atoms with van der Waals surface area (Å²) in [6.45, 7) is 1.95. The highest BCUT2D eigenvalue weighted by Gasteiger charge is 2.16. The Morgan fingerprint density at radius 1 is 1.12 bits per heavy atom. The van der Waals surface area contributed by atoms with E-state index in [1.165, 1.54) is 11.9 Å². The SMILES string of the molecule is CC(NSc1ccccc1C(=O)OCc1ccccc1)C(=O)CCl. The van der Waals surface area contributed by atoms with Crippen LogP contribution in [-0.4, -0.2) is 23.7 Å². The smallest absolute Gasteiger partial charge is 0.339 e. The second-order valence-corrected chi connectivity index (χ2v) is 6.25. The summed E-state index contributed by atoms with van der Waals surface area (Å²) in [5.74, 6) is -0.552. The topological polar surface area (TPSA) is 55.4 Å². The molecule has 0 bridgehead atoms. The second-order valence-electron chi connectivity index (χ2n) is 5.10. The lowest BCUT2D eigenvalue weighted by Crippen LogP contribution is -2.30. The van der Waals surface area contributed by atoms with Crippen molar-refractivity contribution in [2.24, 2.45) is 0 Å². The Labute approximate surface area is 150 Å². The zero-order valence-electron chi connectivity index (χ0n) is 13.2. The summed E-state index contributed by atoms with van der Waals surface area (Å²) in [7, 11) is 0. The van der Waals surface area contributed by atoms with Crippen molar-refractivity contribution < 1.29 is 14.3 Å². The maximum atomic E-state index is 12.3. The molecule has 0 spiro atoms. The summed E-state index contributed by atoms with van der Waals surface area (Å²) in [5, 5.41) is 0. The summed E-state index contributed by atoms with van der Waals surface area (Å²) in [4.78, 5) is 24.5. The van der Waals surface area contributed by atoms with E-state index >= 15 is 0 Å². The molecule has 0 aliphatic carbocycles. The number of ketones is 1. The third-order valence-electron chi connectivity index (χ3n) is 3.28. The molecule has 1 unspecified atom stereocenters. The largest absolute Gasteiger partial charge is 0.457 e. The zero-order chi connectivity index (χ0) is 17.4. The molecule has 1 atom stereocenters. The molecule has 0 aromatic heterocycles. The van der Waals surface area contributed by atoms with Gasteiger partial charge in [-0.05, 0) is 36.6 Å². The molecule has 2 aromatic rings. The molecule has 0 aliphatic rings. The lowest BCUT2D eigenvalue weighted by Gasteiger charge is -2.13. The standard InChI is InChI=1S/C18H18ClNO3S/c1-13(16(21)11-19)20-24-17-10-6-5-9-15(17)18(22)23-12-14-7-3-2-4-8-14/h2-10,13,20H,11-12H2,1H3. The molecule has 0 radical (unpaired) electrons. The molecule has 1 N–H and O–H groups in total. The number of carbonyl (C=O) groups is 2. The normalized spacial score (nSPS) is 11.8. The number of esters is 1. The van der Waals surface area contributed by atoms with E-state index in [-0.39, 0.29) is 18.3 Å². The summed E-state index contributed by atoms with van der Waals surface area (Å²) >= 11 is 6.76. The first kappa shape index (κ1) is 18.5. The van der Waals surface area contributed by atoms with Crippen LogP contribution in [-0.2, 0) is 16.1 Å². The molecule has 4 nitrogen and oxygen atoms in total. The van der Waals surface area contributed by atoms with Crippen molar-refractivity contribution in [1.29, 1.82) is 0 Å². The van der Waals surface area contributed by atoms with Gasteiger partial charge in [-0.15, -0.1) is 11.6 Å². The number of hydrogen-bond donors (Lipinski definition) is 1. The number of rotatable bonds is 8. The number of benzene rings is 2. The molecule has 2 aromatic carbocycles. The van der Waals surface area contributed by atoms with Crippen LogP contribution in [0.25, 0.3) is 0 Å². The van der Waals surface area contributed by atoms with Crippen LogP contribution < -0.4 is 4.72 Å². The quantitative estimate of drug-likeness (QED) is 0.438. The third-order valence-corrected chi connectivity index (χ3v) is 4.59. The number of Topliss-reactive ketones (excluding diaryl/α,β-unsaturated/α-hetero) is 1. The second kappa shape index (κ2) is 9.47. The Kier molecular flexibility index (Phi) is 7.31. The van der Waals surface area contributed by atoms with Gasteiger partial charge in [0.25, 0.3) is 0 Å². The van der Waals surface area contributed by atoms with Crippen LogP contribution in [0, 0.1) is 0 Å². The van der Waals surface area contributed by atoms with Crippen LogP contribution in [0.3, 0.4) is 0 Å². The molecule has 0 saturated carbocycles. The molecule has 2 rings (SSSR count). The van der Waals surface area contributed by atoms with Crippen molar-refractivity contribution in [2.45, 2.75) is 24.5 Å². The number of ether oxygens (including phenoxy) is 1. The van der Waals surface area contributed by atoms with Gasteiger partial charge in [0.05, 0.1) is 17.5 Å². The Morgan fingerprint density at radius 2 is 1.79 bits per heavy atom. The molecule has 0 fully saturated rings. The molecular formula is C18H18ClNO3S. The van der Waals surface area contributed by atoms with Crippen molar-refractivity contribution in [3.63, 3.8) is 0 Å². The van der Waals surface area contributed by atoms with Gasteiger partial charge in [-0.2, -0.15) is 0 Å². The first-order chi connectivity index (χ1) is 11.6. The fraction of sp³-hybridized carbons (Fsp3) is 0.222. The number of nitrogens with one attached hydrogen (secondary N) is 1. The molecule has 126 valence electrons. The van der Waals surface area contributed by atoms with Gasteiger partial charge in [-0.3, -0.25) is 4.79 Å². The number of alkyl halides is 1. The highest BCUT2D eigenvalue weighted by molar-refractivity contribution is 7.97. The van der Waals surface area contributed by atoms with E-state index in [0.717, 1.165) is 5.56 Å². The summed E-state index contributed by atoms with van der Waals surface area (Å²) in [5.41, 5.74) is 1.38. The number of halogens is 1. The number of carbonyl (C=O) groups excluding carboxylic acids is 2. The van der Waals surface area contributed by atoms with Gasteiger partial charge in [0, 0.05) is 4.90 Å². The van der Waals surface area contributed by atoms with Crippen molar-refractivity contribution in [3.8, 4) is 0 Å². The summed E-state index contributed by atoms with van der Waals surface area (Å²) < 4.78 is 8.36. The molecule has 0 heterocycles. The number of hydrogen-bond acceptors (Lipinski definition) is 5. The van der Waals surface area contributed by atoms with Crippen LogP contribution in [0.4, 0.5) is 0 Å². The predicted octanol–water partition coefficient (Wildman–Crippen LogP) is 3.84. The van der Waals surface area contributed by atoms with Gasteiger partial charge in [0.2, 0.25) is 0 Å². The molecule has 24 heavy (non-hydrogen) atoms. The van der Waals surface area contributed by atoms with E-state index < -0.39 is 12.0 Å². The molecular weight excluding hydrogens is 346 g/mol. The average molecular weight is 364 g/mol. The van der Waals surface area contributed by atoms with E-state index in [0.29, 0.717) is 10.5 Å². The summed E-state index contributed by atoms with van der Waals surface area (Å²) in [6, 6.07) is 16.2. The minimum Gasteiger partial charge on any atom is -0.457 e. The van der Waals surface area contributed by atoms with Gasteiger partial charge < -0.3 is 4.74 Å². The molecule has 0 amide bonds. The predicted molar refractivity (Wildman–Crippen MR) is 96.2 cm³/mol. The Hall–Kier alpha value is -1.82. The lowest BCUT2D eigenvalue weighted by molar-refractivity contribution is -0.117. The fourth-order valence-electron chi connectivity index (χ4n) is 1.86. The Morgan fingerprint density at radius 3 is 2.50 bits per heavy atom. The van der Waals surface area contributed by atoms with Gasteiger partial charge in [-0.1, -0.05) is 42.5 Å². The monoisotopic (exact) mass is 363 g/mol. The van der Waals surface area contributed by atoms with E-state index in [1.54, 1.807) is 25.1 Å². The third kappa shape index (κ3) is 5.37. The van der Waals surface area contributed by atoms with Crippen LogP contribution in [0.2, 0.25) is 0 Å². The molecule has 6 heteroatoms. The highest BCUT2D eigenvalue weighted by Crippen LogP contribution is 2.22. The highest BCUT2D eigenvalue weighted by atomic mass is 35.5. The van der Waals surface area contributed by atoms with Crippen molar-refractivity contribution >= 4 is 35.3 Å². The van der Waals surface area contributed by atoms with Gasteiger partial charge in [0.15, 0.2) is 5.78 Å². The zero-order valence-corrected chi connectivity index (χ0v) is 14.8. The van der Waals surface area contributed by atoms with E-state index in [9.17, 15) is 9.59 Å². The Bertz CT molecular complexity index is 694. The lowest BCUT2D eigenvalue weighted by atomic mass is 10.2. The van der Waals surface area contributed by atoms with Crippen molar-refractivity contribution in [1.82, 2.24) is 4.72 Å². The fourth-order valence-corrected chi connectivity index (χ4v) is 2.93. The first-order valence-electron chi connectivity index (χ1n) is 7.43. The average Bonchev–Trinajstić information content (AvgIpc) is 2.64. The van der Waals surface area contributed by atoms with Crippen LogP contribution >= 0.6 is 23.5 Å². The van der Waals surface area contributed by atoms with E-state index in [4.69, 9.17) is 16.3 Å². The maximum Gasteiger partial charge on any atom is 0.339 e. The van der Waals surface area contributed by atoms with E-state index in [2.05, 4.69) is 4.72 Å². The van der Waals surface area contributed by atoms with Crippen LogP contribution in [0.15, 0.2) is 59.5 Å². The minimum atomic E-state index is -0.403. The molecule has 0 saturated heterocycles. The van der Waals surface area contributed by atoms with Crippen molar-refractivity contribution in [2.75, 3.05) is 5.88 Å². The minimum absolute atomic E-state index is 0.0461. The first-order valence-corrected chi connectivity index (χ1v) is 8.78. The van der Waals surface area contributed by atoms with Crippen molar-refractivity contribution in [3.05, 3.63) is 65.7 Å². The Balaban J connectivity index is 1.99. The van der Waals surface area contributed by atoms with Gasteiger partial charge >= 0.3 is 5.97 Å². The van der Waals surface area contributed by atoms with Gasteiger partial charge in [0.1, 0.15) is 6.61 Å². The van der Waals surface area contributed by atoms with E-state index in [1.807, 2.05) is 36.4 Å². The molecule has 0 aliphatic heterocycles. The summed E-state index contributed by atoms with van der Waals surface area (Å²) in [6.07, 6.45) is 0. The van der Waals surface area contributed by atoms with Crippen LogP contribution in [0.5, 0.6) is 0 Å². The van der Waals surface area contributed by atoms with Crippen LogP contribution in [0.1, 0.15) is 22.8 Å². The maximum absolute atomic E-state index is 12.3. The van der Waals surface area contributed by atoms with Gasteiger partial charge in [-0.25, -0.2) is 9.52 Å².